The van der Waals surface area contributed by atoms with Gasteiger partial charge in [-0.1, -0.05) is 19.9 Å². The molecule has 0 aromatic carbocycles. The second-order valence-electron chi connectivity index (χ2n) is 2.49. The van der Waals surface area contributed by atoms with Gasteiger partial charge in [-0.25, -0.2) is 0 Å². The van der Waals surface area contributed by atoms with Crippen molar-refractivity contribution in [2.45, 2.75) is 38.4 Å². The lowest BCUT2D eigenvalue weighted by Gasteiger charge is -2.07. The summed E-state index contributed by atoms with van der Waals surface area (Å²) >= 11 is 2.05. The number of unbranched alkanes of at least 4 members (excludes halogenated alkanes) is 1. The van der Waals surface area contributed by atoms with Crippen LogP contribution >= 0.6 is 11.8 Å². The van der Waals surface area contributed by atoms with Crippen LogP contribution in [0.5, 0.6) is 0 Å². The maximum Gasteiger partial charge on any atom is 0.00187 e. The van der Waals surface area contributed by atoms with Crippen molar-refractivity contribution in [3.05, 3.63) is 12.7 Å². The highest BCUT2D eigenvalue weighted by Crippen LogP contribution is 2.15. The van der Waals surface area contributed by atoms with Gasteiger partial charge in [0.25, 0.3) is 0 Å². The van der Waals surface area contributed by atoms with Gasteiger partial charge in [0.15, 0.2) is 0 Å². The van der Waals surface area contributed by atoms with Crippen LogP contribution in [0.25, 0.3) is 0 Å². The molecular weight excluding hydrogens is 140 g/mol. The van der Waals surface area contributed by atoms with Crippen molar-refractivity contribution in [1.82, 2.24) is 0 Å². The van der Waals surface area contributed by atoms with Gasteiger partial charge in [0.05, 0.1) is 0 Å². The number of thioether (sulfide) groups is 1. The molecule has 0 aliphatic heterocycles. The summed E-state index contributed by atoms with van der Waals surface area (Å²) in [5, 5.41) is 0.838. The molecule has 1 unspecified atom stereocenters. The third kappa shape index (κ3) is 6.21. The van der Waals surface area contributed by atoms with Crippen LogP contribution in [0, 0.1) is 0 Å². The third-order valence-electron chi connectivity index (χ3n) is 1.47. The topological polar surface area (TPSA) is 0 Å². The van der Waals surface area contributed by atoms with Crippen molar-refractivity contribution in [1.29, 1.82) is 0 Å². The van der Waals surface area contributed by atoms with E-state index in [9.17, 15) is 0 Å². The number of allylic oxidation sites excluding steroid dienone is 1. The van der Waals surface area contributed by atoms with E-state index in [4.69, 9.17) is 0 Å². The van der Waals surface area contributed by atoms with Gasteiger partial charge in [-0.3, -0.25) is 0 Å². The van der Waals surface area contributed by atoms with E-state index < -0.39 is 0 Å². The lowest BCUT2D eigenvalue weighted by atomic mass is 10.2. The molecule has 0 aromatic heterocycles. The van der Waals surface area contributed by atoms with E-state index in [2.05, 4.69) is 20.4 Å². The number of hydrogen-bond acceptors (Lipinski definition) is 1. The van der Waals surface area contributed by atoms with Gasteiger partial charge in [-0.05, 0) is 25.0 Å². The summed E-state index contributed by atoms with van der Waals surface area (Å²) < 4.78 is 0. The quantitative estimate of drug-likeness (QED) is 0.421. The van der Waals surface area contributed by atoms with Crippen molar-refractivity contribution >= 4 is 11.8 Å². The molecule has 0 rings (SSSR count). The Morgan fingerprint density at radius 2 is 2.30 bits per heavy atom. The first-order valence-electron chi connectivity index (χ1n) is 4.03. The molecule has 0 saturated heterocycles. The zero-order valence-corrected chi connectivity index (χ0v) is 7.91. The normalized spacial score (nSPS) is 13.0. The minimum Gasteiger partial charge on any atom is -0.159 e. The molecule has 10 heavy (non-hydrogen) atoms. The van der Waals surface area contributed by atoms with Crippen LogP contribution in [0.1, 0.15) is 33.1 Å². The second kappa shape index (κ2) is 7.20. The highest BCUT2D eigenvalue weighted by atomic mass is 32.2. The van der Waals surface area contributed by atoms with E-state index >= 15 is 0 Å². The van der Waals surface area contributed by atoms with E-state index in [-0.39, 0.29) is 0 Å². The van der Waals surface area contributed by atoms with E-state index in [1.807, 2.05) is 17.8 Å². The molecule has 1 heteroatoms. The molecule has 0 aromatic rings. The van der Waals surface area contributed by atoms with Gasteiger partial charge >= 0.3 is 0 Å². The zero-order valence-electron chi connectivity index (χ0n) is 7.10. The largest absolute Gasteiger partial charge is 0.159 e. The van der Waals surface area contributed by atoms with Crippen molar-refractivity contribution in [3.8, 4) is 0 Å². The summed E-state index contributed by atoms with van der Waals surface area (Å²) in [7, 11) is 0. The SMILES string of the molecule is C=CCCCC(C)SCC. The predicted octanol–water partition coefficient (Wildman–Crippen LogP) is 3.48. The predicted molar refractivity (Wildman–Crippen MR) is 51.6 cm³/mol. The molecular formula is C9H18S. The Bertz CT molecular complexity index is 78.8. The Balaban J connectivity index is 3.04. The number of hydrogen-bond donors (Lipinski definition) is 0. The molecule has 60 valence electrons. The molecule has 0 aliphatic carbocycles. The lowest BCUT2D eigenvalue weighted by Crippen LogP contribution is -1.95. The molecule has 0 heterocycles. The molecule has 1 atom stereocenters. The fraction of sp³-hybridized carbons (Fsp3) is 0.778. The average Bonchev–Trinajstić information content (AvgIpc) is 1.89. The summed E-state index contributed by atoms with van der Waals surface area (Å²) in [5.41, 5.74) is 0. The molecule has 0 nitrogen and oxygen atoms in total. The van der Waals surface area contributed by atoms with Crippen LogP contribution in [0.4, 0.5) is 0 Å². The van der Waals surface area contributed by atoms with Crippen molar-refractivity contribution in [3.63, 3.8) is 0 Å². The van der Waals surface area contributed by atoms with Gasteiger partial charge < -0.3 is 0 Å². The molecule has 0 saturated carbocycles. The molecule has 0 spiro atoms. The number of rotatable bonds is 6. The summed E-state index contributed by atoms with van der Waals surface area (Å²) in [6.45, 7) is 8.22. The summed E-state index contributed by atoms with van der Waals surface area (Å²) in [6, 6.07) is 0. The maximum absolute atomic E-state index is 3.70. The van der Waals surface area contributed by atoms with E-state index in [1.165, 1.54) is 25.0 Å². The lowest BCUT2D eigenvalue weighted by molar-refractivity contribution is 0.743. The van der Waals surface area contributed by atoms with Crippen molar-refractivity contribution in [2.24, 2.45) is 0 Å². The molecule has 0 radical (unpaired) electrons. The van der Waals surface area contributed by atoms with Gasteiger partial charge in [0, 0.05) is 5.25 Å². The Kier molecular flexibility index (Phi) is 7.26. The Morgan fingerprint density at radius 3 is 2.80 bits per heavy atom. The monoisotopic (exact) mass is 158 g/mol. The molecule has 0 amide bonds. The van der Waals surface area contributed by atoms with Crippen LogP contribution in [-0.2, 0) is 0 Å². The van der Waals surface area contributed by atoms with Crippen LogP contribution in [0.3, 0.4) is 0 Å². The first-order chi connectivity index (χ1) is 4.81. The minimum absolute atomic E-state index is 0.838. The second-order valence-corrected chi connectivity index (χ2v) is 4.20. The van der Waals surface area contributed by atoms with E-state index in [1.54, 1.807) is 0 Å². The third-order valence-corrected chi connectivity index (χ3v) is 2.61. The van der Waals surface area contributed by atoms with E-state index in [0.717, 1.165) is 5.25 Å². The highest BCUT2D eigenvalue weighted by molar-refractivity contribution is 7.99. The molecule has 0 fully saturated rings. The van der Waals surface area contributed by atoms with Crippen molar-refractivity contribution in [2.75, 3.05) is 5.75 Å². The summed E-state index contributed by atoms with van der Waals surface area (Å²) in [5.74, 6) is 1.25. The van der Waals surface area contributed by atoms with Crippen LogP contribution < -0.4 is 0 Å². The molecule has 0 aliphatic rings. The van der Waals surface area contributed by atoms with Gasteiger partial charge in [0.1, 0.15) is 0 Å². The minimum atomic E-state index is 0.838. The first-order valence-corrected chi connectivity index (χ1v) is 5.08. The summed E-state index contributed by atoms with van der Waals surface area (Å²) in [4.78, 5) is 0. The standard InChI is InChI=1S/C9H18S/c1-4-6-7-8-9(3)10-5-2/h4,9H,1,5-8H2,2-3H3. The van der Waals surface area contributed by atoms with Gasteiger partial charge in [-0.2, -0.15) is 11.8 Å². The Labute approximate surface area is 69.1 Å². The van der Waals surface area contributed by atoms with Crippen LogP contribution in [0.2, 0.25) is 0 Å². The highest BCUT2D eigenvalue weighted by Gasteiger charge is 1.98. The zero-order chi connectivity index (χ0) is 7.82. The average molecular weight is 158 g/mol. The summed E-state index contributed by atoms with van der Waals surface area (Å²) in [6.07, 6.45) is 5.82. The Morgan fingerprint density at radius 1 is 1.60 bits per heavy atom. The molecule has 0 bridgehead atoms. The van der Waals surface area contributed by atoms with Crippen LogP contribution in [-0.4, -0.2) is 11.0 Å². The molecule has 0 N–H and O–H groups in total. The van der Waals surface area contributed by atoms with Crippen LogP contribution in [0.15, 0.2) is 12.7 Å². The van der Waals surface area contributed by atoms with E-state index in [0.29, 0.717) is 0 Å². The fourth-order valence-electron chi connectivity index (χ4n) is 0.917. The van der Waals surface area contributed by atoms with Gasteiger partial charge in [0.2, 0.25) is 0 Å². The van der Waals surface area contributed by atoms with Crippen molar-refractivity contribution < 1.29 is 0 Å². The first kappa shape index (κ1) is 10.1. The van der Waals surface area contributed by atoms with Gasteiger partial charge in [-0.15, -0.1) is 6.58 Å². The maximum atomic E-state index is 3.70. The smallest absolute Gasteiger partial charge is 0.00187 e. The fourth-order valence-corrected chi connectivity index (χ4v) is 1.82. The Hall–Kier alpha value is 0.0900.